The summed E-state index contributed by atoms with van der Waals surface area (Å²) in [5.41, 5.74) is 1.81. The molecule has 1 rings (SSSR count). The van der Waals surface area contributed by atoms with E-state index in [2.05, 4.69) is 15.5 Å². The van der Waals surface area contributed by atoms with Gasteiger partial charge in [-0.25, -0.2) is 0 Å². The Bertz CT molecular complexity index is 412. The quantitative estimate of drug-likeness (QED) is 0.759. The van der Waals surface area contributed by atoms with Crippen molar-refractivity contribution in [1.29, 1.82) is 0 Å². The van der Waals surface area contributed by atoms with E-state index in [0.717, 1.165) is 11.3 Å². The number of aryl methyl sites for hydroxylation is 1. The zero-order chi connectivity index (χ0) is 12.8. The van der Waals surface area contributed by atoms with Crippen LogP contribution < -0.4 is 5.32 Å². The summed E-state index contributed by atoms with van der Waals surface area (Å²) in [7, 11) is 0. The Balaban J connectivity index is 2.40. The van der Waals surface area contributed by atoms with Gasteiger partial charge >= 0.3 is 5.97 Å². The van der Waals surface area contributed by atoms with Gasteiger partial charge in [0.15, 0.2) is 5.82 Å². The molecule has 1 heterocycles. The number of amides is 1. The topological polar surface area (TPSA) is 84.1 Å². The molecule has 0 atom stereocenters. The summed E-state index contributed by atoms with van der Waals surface area (Å²) in [5, 5.41) is 9.36. The minimum Gasteiger partial charge on any atom is -0.466 e. The van der Waals surface area contributed by atoms with E-state index in [9.17, 15) is 9.59 Å². The van der Waals surface area contributed by atoms with Crippen LogP contribution in [0.15, 0.2) is 0 Å². The van der Waals surface area contributed by atoms with Crippen molar-refractivity contribution in [3.05, 3.63) is 11.3 Å². The molecule has 0 radical (unpaired) electrons. The predicted molar refractivity (Wildman–Crippen MR) is 62.6 cm³/mol. The first kappa shape index (κ1) is 13.2. The number of hydrogen-bond acceptors (Lipinski definition) is 4. The average molecular weight is 239 g/mol. The molecule has 0 aliphatic heterocycles. The second kappa shape index (κ2) is 6.03. The van der Waals surface area contributed by atoms with E-state index in [0.29, 0.717) is 12.4 Å². The first-order chi connectivity index (χ1) is 8.04. The minimum absolute atomic E-state index is 0.0854. The van der Waals surface area contributed by atoms with Gasteiger partial charge in [-0.2, -0.15) is 5.10 Å². The van der Waals surface area contributed by atoms with Crippen molar-refractivity contribution in [3.63, 3.8) is 0 Å². The molecule has 2 N–H and O–H groups in total. The van der Waals surface area contributed by atoms with E-state index >= 15 is 0 Å². The Labute approximate surface area is 99.7 Å². The Morgan fingerprint density at radius 2 is 2.06 bits per heavy atom. The van der Waals surface area contributed by atoms with Crippen LogP contribution in [0.3, 0.4) is 0 Å². The lowest BCUT2D eigenvalue weighted by Gasteiger charge is -2.03. The third-order valence-electron chi connectivity index (χ3n) is 2.37. The van der Waals surface area contributed by atoms with Crippen LogP contribution in [0.4, 0.5) is 5.82 Å². The summed E-state index contributed by atoms with van der Waals surface area (Å²) in [4.78, 5) is 22.6. The highest BCUT2D eigenvalue weighted by molar-refractivity contribution is 5.92. The van der Waals surface area contributed by atoms with Crippen LogP contribution >= 0.6 is 0 Å². The van der Waals surface area contributed by atoms with Crippen molar-refractivity contribution in [2.24, 2.45) is 0 Å². The van der Waals surface area contributed by atoms with Gasteiger partial charge in [-0.15, -0.1) is 0 Å². The molecule has 0 bridgehead atoms. The number of nitrogens with zero attached hydrogens (tertiary/aromatic N) is 1. The molecule has 94 valence electrons. The maximum atomic E-state index is 11.5. The van der Waals surface area contributed by atoms with Crippen molar-refractivity contribution in [2.45, 2.75) is 33.6 Å². The molecule has 0 fully saturated rings. The molecule has 1 aromatic rings. The summed E-state index contributed by atoms with van der Waals surface area (Å²) in [6.45, 7) is 5.79. The summed E-state index contributed by atoms with van der Waals surface area (Å²) in [6, 6.07) is 0. The average Bonchev–Trinajstić information content (AvgIpc) is 2.59. The number of esters is 1. The van der Waals surface area contributed by atoms with Crippen molar-refractivity contribution in [1.82, 2.24) is 10.2 Å². The molecule has 0 saturated heterocycles. The fraction of sp³-hybridized carbons (Fsp3) is 0.545. The molecule has 0 aliphatic rings. The molecule has 0 aromatic carbocycles. The maximum absolute atomic E-state index is 11.5. The number of carbonyl (C=O) groups is 2. The van der Waals surface area contributed by atoms with Crippen LogP contribution in [0.25, 0.3) is 0 Å². The van der Waals surface area contributed by atoms with Gasteiger partial charge in [0.1, 0.15) is 0 Å². The molecular formula is C11H17N3O3. The highest BCUT2D eigenvalue weighted by atomic mass is 16.5. The number of nitrogens with one attached hydrogen (secondary N) is 2. The molecule has 1 amide bonds. The molecule has 0 saturated carbocycles. The number of ether oxygens (including phenoxy) is 1. The zero-order valence-corrected chi connectivity index (χ0v) is 10.3. The molecule has 17 heavy (non-hydrogen) atoms. The van der Waals surface area contributed by atoms with Crippen LogP contribution in [0.2, 0.25) is 0 Å². The second-order valence-electron chi connectivity index (χ2n) is 3.68. The number of aromatic amines is 1. The van der Waals surface area contributed by atoms with Gasteiger partial charge < -0.3 is 10.1 Å². The summed E-state index contributed by atoms with van der Waals surface area (Å²) in [5.74, 6) is -0.0957. The van der Waals surface area contributed by atoms with Gasteiger partial charge in [0.25, 0.3) is 0 Å². The van der Waals surface area contributed by atoms with E-state index in [1.807, 2.05) is 13.8 Å². The summed E-state index contributed by atoms with van der Waals surface area (Å²) >= 11 is 0. The van der Waals surface area contributed by atoms with Crippen molar-refractivity contribution >= 4 is 17.7 Å². The SMILES string of the molecule is CCOC(=O)CCC(=O)Nc1n[nH]c(C)c1C. The fourth-order valence-electron chi connectivity index (χ4n) is 1.25. The van der Waals surface area contributed by atoms with Crippen LogP contribution in [0, 0.1) is 13.8 Å². The van der Waals surface area contributed by atoms with E-state index in [1.165, 1.54) is 0 Å². The lowest BCUT2D eigenvalue weighted by atomic mass is 10.2. The first-order valence-corrected chi connectivity index (χ1v) is 5.51. The number of rotatable bonds is 5. The number of H-pyrrole nitrogens is 1. The highest BCUT2D eigenvalue weighted by Crippen LogP contribution is 2.13. The van der Waals surface area contributed by atoms with Gasteiger partial charge in [-0.3, -0.25) is 14.7 Å². The van der Waals surface area contributed by atoms with Crippen molar-refractivity contribution < 1.29 is 14.3 Å². The van der Waals surface area contributed by atoms with Crippen molar-refractivity contribution in [2.75, 3.05) is 11.9 Å². The number of anilines is 1. The zero-order valence-electron chi connectivity index (χ0n) is 10.3. The smallest absolute Gasteiger partial charge is 0.306 e. The largest absolute Gasteiger partial charge is 0.466 e. The van der Waals surface area contributed by atoms with Crippen LogP contribution in [-0.2, 0) is 14.3 Å². The van der Waals surface area contributed by atoms with Crippen molar-refractivity contribution in [3.8, 4) is 0 Å². The van der Waals surface area contributed by atoms with Crippen LogP contribution in [0.1, 0.15) is 31.0 Å². The first-order valence-electron chi connectivity index (χ1n) is 5.51. The molecule has 0 aliphatic carbocycles. The highest BCUT2D eigenvalue weighted by Gasteiger charge is 2.11. The molecule has 6 heteroatoms. The predicted octanol–water partition coefficient (Wildman–Crippen LogP) is 1.31. The summed E-state index contributed by atoms with van der Waals surface area (Å²) in [6.07, 6.45) is 0.187. The second-order valence-corrected chi connectivity index (χ2v) is 3.68. The van der Waals surface area contributed by atoms with E-state index in [4.69, 9.17) is 4.74 Å². The third kappa shape index (κ3) is 3.90. The maximum Gasteiger partial charge on any atom is 0.306 e. The van der Waals surface area contributed by atoms with Gasteiger partial charge in [-0.1, -0.05) is 0 Å². The Hall–Kier alpha value is -1.85. The van der Waals surface area contributed by atoms with Crippen LogP contribution in [-0.4, -0.2) is 28.7 Å². The normalized spacial score (nSPS) is 10.1. The van der Waals surface area contributed by atoms with Gasteiger partial charge in [0.05, 0.1) is 13.0 Å². The molecule has 0 spiro atoms. The number of aromatic nitrogens is 2. The molecule has 0 unspecified atom stereocenters. The lowest BCUT2D eigenvalue weighted by molar-refractivity contribution is -0.144. The number of hydrogen-bond donors (Lipinski definition) is 2. The van der Waals surface area contributed by atoms with Gasteiger partial charge in [-0.05, 0) is 20.8 Å². The summed E-state index contributed by atoms with van der Waals surface area (Å²) < 4.78 is 4.73. The molecule has 6 nitrogen and oxygen atoms in total. The monoisotopic (exact) mass is 239 g/mol. The lowest BCUT2D eigenvalue weighted by Crippen LogP contribution is -2.15. The van der Waals surface area contributed by atoms with E-state index < -0.39 is 0 Å². The van der Waals surface area contributed by atoms with Crippen LogP contribution in [0.5, 0.6) is 0 Å². The third-order valence-corrected chi connectivity index (χ3v) is 2.37. The molecular weight excluding hydrogens is 222 g/mol. The Kier molecular flexibility index (Phi) is 4.68. The Morgan fingerprint density at radius 3 is 2.59 bits per heavy atom. The van der Waals surface area contributed by atoms with E-state index in [-0.39, 0.29) is 24.7 Å². The number of carbonyl (C=O) groups excluding carboxylic acids is 2. The van der Waals surface area contributed by atoms with E-state index in [1.54, 1.807) is 6.92 Å². The molecule has 1 aromatic heterocycles. The van der Waals surface area contributed by atoms with Gasteiger partial charge in [0, 0.05) is 17.7 Å². The Morgan fingerprint density at radius 1 is 1.35 bits per heavy atom. The fourth-order valence-corrected chi connectivity index (χ4v) is 1.25. The minimum atomic E-state index is -0.363. The standard InChI is InChI=1S/C11H17N3O3/c1-4-17-10(16)6-5-9(15)12-11-7(2)8(3)13-14-11/h4-6H2,1-3H3,(H2,12,13,14,15). The van der Waals surface area contributed by atoms with Gasteiger partial charge in [0.2, 0.25) is 5.91 Å².